The maximum absolute atomic E-state index is 12.7. The number of thiophene rings is 1. The Morgan fingerprint density at radius 3 is 2.25 bits per heavy atom. The van der Waals surface area contributed by atoms with Gasteiger partial charge in [-0.2, -0.15) is 0 Å². The summed E-state index contributed by atoms with van der Waals surface area (Å²) in [5.41, 5.74) is 0.371. The average molecular weight is 353 g/mol. The van der Waals surface area contributed by atoms with Gasteiger partial charge in [-0.3, -0.25) is 4.79 Å². The monoisotopic (exact) mass is 352 g/mol. The third-order valence-electron chi connectivity index (χ3n) is 5.83. The molecule has 0 saturated heterocycles. The summed E-state index contributed by atoms with van der Waals surface area (Å²) in [6.07, 6.45) is 9.16. The molecule has 4 aliphatic carbocycles. The molecule has 0 aromatic carbocycles. The zero-order valence-corrected chi connectivity index (χ0v) is 14.4. The van der Waals surface area contributed by atoms with Gasteiger partial charge in [-0.1, -0.05) is 0 Å². The highest BCUT2D eigenvalue weighted by atomic mass is 79.9. The Kier molecular flexibility index (Phi) is 3.16. The van der Waals surface area contributed by atoms with Gasteiger partial charge in [0.2, 0.25) is 0 Å². The van der Waals surface area contributed by atoms with Crippen LogP contribution in [0.3, 0.4) is 0 Å². The summed E-state index contributed by atoms with van der Waals surface area (Å²) < 4.78 is 1.09. The lowest BCUT2D eigenvalue weighted by molar-refractivity contribution is -0.0523. The van der Waals surface area contributed by atoms with Crippen LogP contribution in [-0.2, 0) is 0 Å². The van der Waals surface area contributed by atoms with Crippen LogP contribution in [0, 0.1) is 30.1 Å². The van der Waals surface area contributed by atoms with E-state index in [1.807, 2.05) is 6.07 Å². The van der Waals surface area contributed by atoms with Gasteiger partial charge in [-0.05, 0) is 90.6 Å². The number of rotatable bonds is 3. The van der Waals surface area contributed by atoms with E-state index in [0.29, 0.717) is 11.2 Å². The fourth-order valence-electron chi connectivity index (χ4n) is 5.53. The van der Waals surface area contributed by atoms with Gasteiger partial charge in [-0.25, -0.2) is 0 Å². The molecule has 5 rings (SSSR count). The van der Waals surface area contributed by atoms with Gasteiger partial charge < -0.3 is 0 Å². The van der Waals surface area contributed by atoms with Crippen molar-refractivity contribution in [2.75, 3.05) is 0 Å². The molecule has 1 heterocycles. The molecule has 0 aliphatic heterocycles. The minimum Gasteiger partial charge on any atom is -0.293 e. The smallest absolute Gasteiger partial charge is 0.173 e. The molecule has 0 spiro atoms. The van der Waals surface area contributed by atoms with Crippen LogP contribution >= 0.6 is 27.3 Å². The second-order valence-electron chi connectivity index (χ2n) is 7.53. The van der Waals surface area contributed by atoms with Crippen molar-refractivity contribution >= 4 is 33.0 Å². The van der Waals surface area contributed by atoms with Gasteiger partial charge in [0.25, 0.3) is 0 Å². The number of halogens is 1. The molecule has 4 bridgehead atoms. The number of carbonyl (C=O) groups is 1. The van der Waals surface area contributed by atoms with E-state index in [0.717, 1.165) is 33.5 Å². The molecule has 108 valence electrons. The lowest BCUT2D eigenvalue weighted by Gasteiger charge is -2.56. The van der Waals surface area contributed by atoms with Gasteiger partial charge in [-0.15, -0.1) is 11.3 Å². The fraction of sp³-hybridized carbons (Fsp3) is 0.706. The molecule has 1 nitrogen and oxygen atoms in total. The number of Topliss-reactive ketones (excluding diaryl/α,β-unsaturated/α-hetero) is 1. The first-order chi connectivity index (χ1) is 9.53. The van der Waals surface area contributed by atoms with Crippen LogP contribution < -0.4 is 0 Å². The Labute approximate surface area is 133 Å². The Morgan fingerprint density at radius 1 is 1.25 bits per heavy atom. The van der Waals surface area contributed by atoms with Crippen LogP contribution in [0.5, 0.6) is 0 Å². The molecule has 0 N–H and O–H groups in total. The Bertz CT molecular complexity index is 505. The molecule has 0 unspecified atom stereocenters. The second-order valence-corrected chi connectivity index (χ2v) is 9.64. The lowest BCUT2D eigenvalue weighted by Crippen LogP contribution is -2.46. The maximum atomic E-state index is 12.7. The van der Waals surface area contributed by atoms with Crippen LogP contribution in [0.15, 0.2) is 10.5 Å². The molecule has 4 fully saturated rings. The van der Waals surface area contributed by atoms with Crippen molar-refractivity contribution in [1.82, 2.24) is 0 Å². The first-order valence-corrected chi connectivity index (χ1v) is 9.43. The van der Waals surface area contributed by atoms with Crippen molar-refractivity contribution in [3.8, 4) is 0 Å². The van der Waals surface area contributed by atoms with Crippen molar-refractivity contribution in [2.45, 2.75) is 51.9 Å². The molecule has 1 aromatic heterocycles. The normalized spacial score (nSPS) is 38.4. The summed E-state index contributed by atoms with van der Waals surface area (Å²) in [4.78, 5) is 14.9. The van der Waals surface area contributed by atoms with Crippen molar-refractivity contribution in [2.24, 2.45) is 23.2 Å². The van der Waals surface area contributed by atoms with E-state index in [2.05, 4.69) is 22.9 Å². The van der Waals surface area contributed by atoms with E-state index in [1.165, 1.54) is 43.4 Å². The summed E-state index contributed by atoms with van der Waals surface area (Å²) in [7, 11) is 0. The van der Waals surface area contributed by atoms with Crippen LogP contribution in [0.1, 0.15) is 59.5 Å². The van der Waals surface area contributed by atoms with Gasteiger partial charge >= 0.3 is 0 Å². The summed E-state index contributed by atoms with van der Waals surface area (Å²) in [6, 6.07) is 2.03. The third-order valence-corrected chi connectivity index (χ3v) is 8.01. The van der Waals surface area contributed by atoms with Gasteiger partial charge in [0.1, 0.15) is 0 Å². The zero-order valence-electron chi connectivity index (χ0n) is 12.0. The van der Waals surface area contributed by atoms with Crippen molar-refractivity contribution < 1.29 is 4.79 Å². The minimum atomic E-state index is 0.371. The molecule has 4 aliphatic rings. The number of carbonyl (C=O) groups excluding carboxylic acids is 1. The molecule has 0 radical (unpaired) electrons. The first-order valence-electron chi connectivity index (χ1n) is 7.82. The van der Waals surface area contributed by atoms with Crippen molar-refractivity contribution in [1.29, 1.82) is 0 Å². The molecule has 0 amide bonds. The molecule has 4 saturated carbocycles. The van der Waals surface area contributed by atoms with Crippen LogP contribution in [0.2, 0.25) is 0 Å². The largest absolute Gasteiger partial charge is 0.293 e. The summed E-state index contributed by atoms with van der Waals surface area (Å²) >= 11 is 5.19. The van der Waals surface area contributed by atoms with Crippen molar-refractivity contribution in [3.63, 3.8) is 0 Å². The lowest BCUT2D eigenvalue weighted by atomic mass is 9.48. The highest BCUT2D eigenvalue weighted by Gasteiger charge is 2.51. The van der Waals surface area contributed by atoms with Crippen LogP contribution in [0.25, 0.3) is 0 Å². The van der Waals surface area contributed by atoms with Gasteiger partial charge in [0.05, 0.1) is 4.88 Å². The Morgan fingerprint density at radius 2 is 1.80 bits per heavy atom. The summed E-state index contributed by atoms with van der Waals surface area (Å²) in [5, 5.41) is 0. The van der Waals surface area contributed by atoms with Gasteiger partial charge in [0, 0.05) is 15.8 Å². The quantitative estimate of drug-likeness (QED) is 0.646. The predicted molar refractivity (Wildman–Crippen MR) is 86.3 cm³/mol. The number of hydrogen-bond acceptors (Lipinski definition) is 2. The molecule has 0 atom stereocenters. The minimum absolute atomic E-state index is 0.371. The highest BCUT2D eigenvalue weighted by Crippen LogP contribution is 2.61. The zero-order chi connectivity index (χ0) is 13.9. The SMILES string of the molecule is Cc1sc(C(=O)CC23CC4CC(CC(C4)C2)C3)cc1Br. The maximum Gasteiger partial charge on any atom is 0.173 e. The second kappa shape index (κ2) is 4.67. The molecule has 1 aromatic rings. The van der Waals surface area contributed by atoms with Crippen LogP contribution in [0.4, 0.5) is 0 Å². The van der Waals surface area contributed by atoms with E-state index < -0.39 is 0 Å². The van der Waals surface area contributed by atoms with Gasteiger partial charge in [0.15, 0.2) is 5.78 Å². The van der Waals surface area contributed by atoms with E-state index in [9.17, 15) is 4.79 Å². The highest BCUT2D eigenvalue weighted by molar-refractivity contribution is 9.10. The number of aryl methyl sites for hydroxylation is 1. The van der Waals surface area contributed by atoms with Crippen LogP contribution in [-0.4, -0.2) is 5.78 Å². The summed E-state index contributed by atoms with van der Waals surface area (Å²) in [5.74, 6) is 3.20. The van der Waals surface area contributed by atoms with E-state index in [-0.39, 0.29) is 0 Å². The predicted octanol–water partition coefficient (Wildman–Crippen LogP) is 5.61. The molecular formula is C17H21BrOS. The molecule has 3 heteroatoms. The number of hydrogen-bond donors (Lipinski definition) is 0. The van der Waals surface area contributed by atoms with E-state index in [1.54, 1.807) is 11.3 Å². The number of ketones is 1. The third kappa shape index (κ3) is 2.21. The molecular weight excluding hydrogens is 332 g/mol. The Hall–Kier alpha value is -0.150. The van der Waals surface area contributed by atoms with E-state index in [4.69, 9.17) is 0 Å². The van der Waals surface area contributed by atoms with E-state index >= 15 is 0 Å². The topological polar surface area (TPSA) is 17.1 Å². The standard InChI is InChI=1S/C17H21BrOS/c1-10-14(18)5-16(20-10)15(19)9-17-6-11-2-12(7-17)4-13(3-11)8-17/h5,11-13H,2-4,6-9H2,1H3. The summed E-state index contributed by atoms with van der Waals surface area (Å²) in [6.45, 7) is 2.08. The fourth-order valence-corrected chi connectivity index (χ4v) is 7.00. The van der Waals surface area contributed by atoms with Crippen molar-refractivity contribution in [3.05, 3.63) is 20.3 Å². The Balaban J connectivity index is 1.55. The first kappa shape index (κ1) is 13.5. The molecule has 20 heavy (non-hydrogen) atoms. The average Bonchev–Trinajstić information content (AvgIpc) is 2.67.